The van der Waals surface area contributed by atoms with Crippen LogP contribution in [0.2, 0.25) is 6.04 Å². The molecule has 0 aliphatic carbocycles. The largest absolute Gasteiger partial charge is 0.497 e. The predicted octanol–water partition coefficient (Wildman–Crippen LogP) is 2.31. The highest BCUT2D eigenvalue weighted by molar-refractivity contribution is 6.80. The van der Waals surface area contributed by atoms with Crippen LogP contribution in [0.25, 0.3) is 0 Å². The van der Waals surface area contributed by atoms with Crippen LogP contribution in [-0.2, 0) is 0 Å². The van der Waals surface area contributed by atoms with Crippen molar-refractivity contribution in [1.82, 2.24) is 0 Å². The van der Waals surface area contributed by atoms with Crippen LogP contribution in [0.5, 0.6) is 11.5 Å². The Kier molecular flexibility index (Phi) is 3.68. The van der Waals surface area contributed by atoms with Crippen LogP contribution in [0.15, 0.2) is 18.2 Å². The third kappa shape index (κ3) is 2.47. The van der Waals surface area contributed by atoms with E-state index in [1.54, 1.807) is 6.07 Å². The molecule has 0 saturated carbocycles. The van der Waals surface area contributed by atoms with Crippen LogP contribution in [0.4, 0.5) is 8.22 Å². The SMILES string of the molecule is CC[Si](F)(F)c1cc(OC)ccc1OC. The van der Waals surface area contributed by atoms with Gasteiger partial charge in [0.1, 0.15) is 11.5 Å². The van der Waals surface area contributed by atoms with Gasteiger partial charge in [-0.05, 0) is 24.2 Å². The lowest BCUT2D eigenvalue weighted by atomic mass is 10.3. The lowest BCUT2D eigenvalue weighted by molar-refractivity contribution is 0.404. The lowest BCUT2D eigenvalue weighted by Gasteiger charge is -2.15. The van der Waals surface area contributed by atoms with Gasteiger partial charge < -0.3 is 9.47 Å². The van der Waals surface area contributed by atoms with Gasteiger partial charge in [0.15, 0.2) is 0 Å². The Morgan fingerprint density at radius 1 is 1.20 bits per heavy atom. The van der Waals surface area contributed by atoms with E-state index in [1.807, 2.05) is 0 Å². The van der Waals surface area contributed by atoms with Gasteiger partial charge in [0.05, 0.1) is 14.2 Å². The minimum absolute atomic E-state index is 0.00634. The second-order valence-corrected chi connectivity index (χ2v) is 5.78. The number of rotatable bonds is 4. The molecule has 1 aromatic rings. The molecule has 0 fully saturated rings. The van der Waals surface area contributed by atoms with E-state index in [1.165, 1.54) is 33.3 Å². The van der Waals surface area contributed by atoms with Crippen molar-refractivity contribution in [3.8, 4) is 11.5 Å². The van der Waals surface area contributed by atoms with Crippen molar-refractivity contribution in [2.75, 3.05) is 14.2 Å². The third-order valence-corrected chi connectivity index (χ3v) is 4.31. The van der Waals surface area contributed by atoms with Crippen molar-refractivity contribution in [2.45, 2.75) is 13.0 Å². The lowest BCUT2D eigenvalue weighted by Crippen LogP contribution is -2.39. The van der Waals surface area contributed by atoms with E-state index in [2.05, 4.69) is 0 Å². The summed E-state index contributed by atoms with van der Waals surface area (Å²) in [6.07, 6.45) is 0. The Bertz CT molecular complexity index is 342. The number of methoxy groups -OCH3 is 2. The van der Waals surface area contributed by atoms with E-state index in [0.717, 1.165) is 0 Å². The van der Waals surface area contributed by atoms with Gasteiger partial charge in [-0.2, -0.15) is 0 Å². The van der Waals surface area contributed by atoms with Gasteiger partial charge in [0, 0.05) is 5.19 Å². The van der Waals surface area contributed by atoms with Crippen LogP contribution < -0.4 is 14.7 Å². The molecule has 0 unspecified atom stereocenters. The molecule has 1 aromatic carbocycles. The first kappa shape index (κ1) is 12.0. The highest BCUT2D eigenvalue weighted by Crippen LogP contribution is 2.23. The minimum Gasteiger partial charge on any atom is -0.497 e. The first-order valence-electron chi connectivity index (χ1n) is 4.65. The summed E-state index contributed by atoms with van der Waals surface area (Å²) in [6.45, 7) is 1.49. The summed E-state index contributed by atoms with van der Waals surface area (Å²) in [5, 5.41) is 0.00634. The van der Waals surface area contributed by atoms with Crippen LogP contribution in [0.1, 0.15) is 6.92 Å². The van der Waals surface area contributed by atoms with Crippen molar-refractivity contribution in [3.05, 3.63) is 18.2 Å². The molecule has 0 saturated heterocycles. The monoisotopic (exact) mass is 232 g/mol. The van der Waals surface area contributed by atoms with Crippen molar-refractivity contribution in [1.29, 1.82) is 0 Å². The Labute approximate surface area is 89.2 Å². The smallest absolute Gasteiger partial charge is 0.458 e. The molecule has 2 nitrogen and oxygen atoms in total. The molecule has 0 aromatic heterocycles. The second-order valence-electron chi connectivity index (χ2n) is 3.12. The van der Waals surface area contributed by atoms with Gasteiger partial charge in [0.2, 0.25) is 0 Å². The number of benzene rings is 1. The molecule has 84 valence electrons. The molecule has 0 aliphatic rings. The zero-order valence-electron chi connectivity index (χ0n) is 9.01. The number of hydrogen-bond acceptors (Lipinski definition) is 2. The number of hydrogen-bond donors (Lipinski definition) is 0. The quantitative estimate of drug-likeness (QED) is 0.586. The molecule has 0 spiro atoms. The Hall–Kier alpha value is -1.10. The van der Waals surface area contributed by atoms with Gasteiger partial charge in [-0.3, -0.25) is 8.22 Å². The summed E-state index contributed by atoms with van der Waals surface area (Å²) < 4.78 is 37.2. The molecule has 1 rings (SSSR count). The van der Waals surface area contributed by atoms with Crippen molar-refractivity contribution >= 4 is 13.9 Å². The summed E-state index contributed by atoms with van der Waals surface area (Å²) in [4.78, 5) is 0. The van der Waals surface area contributed by atoms with E-state index in [4.69, 9.17) is 9.47 Å². The summed E-state index contributed by atoms with van der Waals surface area (Å²) >= 11 is 0. The van der Waals surface area contributed by atoms with Gasteiger partial charge >= 0.3 is 8.74 Å². The first-order chi connectivity index (χ1) is 7.05. The van der Waals surface area contributed by atoms with Crippen LogP contribution in [-0.4, -0.2) is 23.0 Å². The second kappa shape index (κ2) is 4.61. The fourth-order valence-corrected chi connectivity index (χ4v) is 2.57. The maximum Gasteiger partial charge on any atom is 0.458 e. The number of halogens is 2. The van der Waals surface area contributed by atoms with Crippen molar-refractivity contribution < 1.29 is 17.7 Å². The molecule has 0 atom stereocenters. The van der Waals surface area contributed by atoms with Crippen LogP contribution in [0.3, 0.4) is 0 Å². The molecule has 0 bridgehead atoms. The van der Waals surface area contributed by atoms with Crippen LogP contribution >= 0.6 is 0 Å². The number of ether oxygens (including phenoxy) is 2. The van der Waals surface area contributed by atoms with Gasteiger partial charge in [-0.25, -0.2) is 0 Å². The average Bonchev–Trinajstić information content (AvgIpc) is 2.28. The molecule has 0 heterocycles. The van der Waals surface area contributed by atoms with E-state index in [-0.39, 0.29) is 17.0 Å². The zero-order valence-corrected chi connectivity index (χ0v) is 10.0. The molecule has 0 aliphatic heterocycles. The topological polar surface area (TPSA) is 18.5 Å². The fraction of sp³-hybridized carbons (Fsp3) is 0.400. The molecule has 15 heavy (non-hydrogen) atoms. The Morgan fingerprint density at radius 2 is 1.87 bits per heavy atom. The van der Waals surface area contributed by atoms with E-state index in [0.29, 0.717) is 5.75 Å². The van der Waals surface area contributed by atoms with Crippen molar-refractivity contribution in [3.63, 3.8) is 0 Å². The predicted molar refractivity (Wildman–Crippen MR) is 57.6 cm³/mol. The standard InChI is InChI=1S/C10H14F2O2Si/c1-4-15(11,12)10-7-8(13-2)5-6-9(10)14-3/h5-7H,4H2,1-3H3. The normalized spacial score (nSPS) is 11.3. The summed E-state index contributed by atoms with van der Waals surface area (Å²) in [7, 11) is -1.52. The highest BCUT2D eigenvalue weighted by atomic mass is 28.4. The van der Waals surface area contributed by atoms with Crippen molar-refractivity contribution in [2.24, 2.45) is 0 Å². The Morgan fingerprint density at radius 3 is 2.33 bits per heavy atom. The Balaban J connectivity index is 3.23. The summed E-state index contributed by atoms with van der Waals surface area (Å²) in [6, 6.07) is 4.37. The molecular formula is C10H14F2O2Si. The summed E-state index contributed by atoms with van der Waals surface area (Å²) in [5.41, 5.74) is 0. The molecule has 0 amide bonds. The maximum atomic E-state index is 13.7. The maximum absolute atomic E-state index is 13.7. The summed E-state index contributed by atoms with van der Waals surface area (Å²) in [5.74, 6) is 0.681. The molecule has 5 heteroatoms. The van der Waals surface area contributed by atoms with E-state index in [9.17, 15) is 8.22 Å². The van der Waals surface area contributed by atoms with Crippen LogP contribution in [0, 0.1) is 0 Å². The third-order valence-electron chi connectivity index (χ3n) is 2.24. The fourth-order valence-electron chi connectivity index (χ4n) is 1.29. The molecule has 0 N–H and O–H groups in total. The van der Waals surface area contributed by atoms with Gasteiger partial charge in [-0.15, -0.1) is 0 Å². The van der Waals surface area contributed by atoms with E-state index >= 15 is 0 Å². The first-order valence-corrected chi connectivity index (χ1v) is 6.61. The molecule has 0 radical (unpaired) electrons. The molecular weight excluding hydrogens is 218 g/mol. The highest BCUT2D eigenvalue weighted by Gasteiger charge is 2.38. The average molecular weight is 232 g/mol. The zero-order chi connectivity index (χ0) is 11.5. The minimum atomic E-state index is -4.37. The van der Waals surface area contributed by atoms with Gasteiger partial charge in [-0.1, -0.05) is 6.92 Å². The van der Waals surface area contributed by atoms with E-state index < -0.39 is 8.74 Å². The van der Waals surface area contributed by atoms with Gasteiger partial charge in [0.25, 0.3) is 0 Å².